The Kier molecular flexibility index (Phi) is 9.83. The van der Waals surface area contributed by atoms with E-state index >= 15 is 0 Å². The van der Waals surface area contributed by atoms with E-state index in [4.69, 9.17) is 45.6 Å². The molecular formula is C30H33N3O6. The summed E-state index contributed by atoms with van der Waals surface area (Å²) in [4.78, 5) is 14.2. The van der Waals surface area contributed by atoms with E-state index in [2.05, 4.69) is 0 Å². The second-order valence-electron chi connectivity index (χ2n) is 9.45. The Morgan fingerprint density at radius 1 is 0.385 bits per heavy atom. The zero-order chi connectivity index (χ0) is 27.8. The van der Waals surface area contributed by atoms with Crippen LogP contribution >= 0.6 is 0 Å². The maximum absolute atomic E-state index is 9.15. The van der Waals surface area contributed by atoms with E-state index in [9.17, 15) is 0 Å². The number of aromatic nitrogens is 3. The van der Waals surface area contributed by atoms with Crippen LogP contribution in [0.1, 0.15) is 36.0 Å². The van der Waals surface area contributed by atoms with Gasteiger partial charge in [0.25, 0.3) is 0 Å². The van der Waals surface area contributed by atoms with Crippen LogP contribution in [0.25, 0.3) is 34.2 Å². The smallest absolute Gasteiger partial charge is 0.164 e. The minimum absolute atomic E-state index is 0.250. The molecule has 6 N–H and O–H groups in total. The number of rotatable bonds is 12. The van der Waals surface area contributed by atoms with Crippen LogP contribution in [-0.4, -0.2) is 64.5 Å². The monoisotopic (exact) mass is 531 g/mol. The van der Waals surface area contributed by atoms with Crippen molar-refractivity contribution in [2.45, 2.75) is 57.4 Å². The lowest BCUT2D eigenvalue weighted by Gasteiger charge is -2.10. The number of hydrogen-bond acceptors (Lipinski definition) is 9. The maximum Gasteiger partial charge on any atom is 0.164 e. The molecule has 0 saturated heterocycles. The standard InChI is InChI=1S/C30H33N3O6/c34-25(35)16-7-19-1-10-22(11-2-19)28-31-29(23-12-3-20(4-13-23)8-17-26(36)37)33-30(32-28)24-14-5-21(6-15-24)9-18-27(38)39/h1-6,10-15,25-27,34-39H,7-9,16-18H2. The van der Waals surface area contributed by atoms with Gasteiger partial charge in [0.1, 0.15) is 0 Å². The Labute approximate surface area is 226 Å². The molecule has 0 aliphatic rings. The van der Waals surface area contributed by atoms with Crippen LogP contribution in [0.5, 0.6) is 0 Å². The molecule has 4 rings (SSSR count). The van der Waals surface area contributed by atoms with Crippen molar-refractivity contribution in [3.63, 3.8) is 0 Å². The fraction of sp³-hybridized carbons (Fsp3) is 0.300. The SMILES string of the molecule is OC(O)CCc1ccc(-c2nc(-c3ccc(CCC(O)O)cc3)nc(-c3ccc(CCC(O)O)cc3)n2)cc1. The Bertz CT molecular complexity index is 1150. The van der Waals surface area contributed by atoms with Crippen LogP contribution in [0.4, 0.5) is 0 Å². The predicted molar refractivity (Wildman–Crippen MR) is 146 cm³/mol. The van der Waals surface area contributed by atoms with Gasteiger partial charge in [-0.3, -0.25) is 0 Å². The van der Waals surface area contributed by atoms with Crippen molar-refractivity contribution in [1.29, 1.82) is 0 Å². The number of benzene rings is 3. The maximum atomic E-state index is 9.15. The summed E-state index contributed by atoms with van der Waals surface area (Å²) in [5.74, 6) is 1.47. The highest BCUT2D eigenvalue weighted by atomic mass is 16.5. The predicted octanol–water partition coefficient (Wildman–Crippen LogP) is 2.60. The molecule has 0 fully saturated rings. The minimum atomic E-state index is -1.35. The van der Waals surface area contributed by atoms with Gasteiger partial charge in [-0.25, -0.2) is 15.0 Å². The molecule has 9 nitrogen and oxygen atoms in total. The minimum Gasteiger partial charge on any atom is -0.368 e. The lowest BCUT2D eigenvalue weighted by atomic mass is 10.1. The molecule has 1 heterocycles. The van der Waals surface area contributed by atoms with Gasteiger partial charge in [-0.2, -0.15) is 0 Å². The summed E-state index contributed by atoms with van der Waals surface area (Å²) in [6.45, 7) is 0. The van der Waals surface area contributed by atoms with E-state index in [0.29, 0.717) is 36.7 Å². The lowest BCUT2D eigenvalue weighted by Crippen LogP contribution is -2.05. The van der Waals surface area contributed by atoms with Crippen LogP contribution in [0.2, 0.25) is 0 Å². The molecule has 0 saturated carbocycles. The quantitative estimate of drug-likeness (QED) is 0.151. The summed E-state index contributed by atoms with van der Waals surface area (Å²) in [7, 11) is 0. The second kappa shape index (κ2) is 13.5. The Morgan fingerprint density at radius 2 is 0.615 bits per heavy atom. The van der Waals surface area contributed by atoms with E-state index in [-0.39, 0.29) is 19.3 Å². The first-order valence-corrected chi connectivity index (χ1v) is 12.9. The molecule has 0 amide bonds. The summed E-state index contributed by atoms with van der Waals surface area (Å²) in [5.41, 5.74) is 5.26. The highest BCUT2D eigenvalue weighted by Gasteiger charge is 2.13. The summed E-state index contributed by atoms with van der Waals surface area (Å²) < 4.78 is 0. The Balaban J connectivity index is 1.67. The van der Waals surface area contributed by atoms with Gasteiger partial charge in [0.15, 0.2) is 36.3 Å². The van der Waals surface area contributed by atoms with Gasteiger partial charge in [0, 0.05) is 36.0 Å². The fourth-order valence-electron chi connectivity index (χ4n) is 4.11. The largest absolute Gasteiger partial charge is 0.368 e. The van der Waals surface area contributed by atoms with Crippen LogP contribution in [0.3, 0.4) is 0 Å². The first-order valence-electron chi connectivity index (χ1n) is 12.9. The summed E-state index contributed by atoms with van der Waals surface area (Å²) >= 11 is 0. The van der Waals surface area contributed by atoms with Crippen molar-refractivity contribution in [2.24, 2.45) is 0 Å². The van der Waals surface area contributed by atoms with Gasteiger partial charge in [-0.1, -0.05) is 72.8 Å². The Hall–Kier alpha value is -3.57. The normalized spacial score (nSPS) is 11.6. The van der Waals surface area contributed by atoms with Gasteiger partial charge in [0.05, 0.1) is 0 Å². The Morgan fingerprint density at radius 3 is 0.821 bits per heavy atom. The molecule has 204 valence electrons. The molecule has 0 bridgehead atoms. The van der Waals surface area contributed by atoms with Crippen LogP contribution in [-0.2, 0) is 19.3 Å². The van der Waals surface area contributed by atoms with E-state index in [1.165, 1.54) is 0 Å². The number of hydrogen-bond donors (Lipinski definition) is 6. The molecule has 3 aromatic carbocycles. The molecular weight excluding hydrogens is 498 g/mol. The number of aliphatic hydroxyl groups is 6. The van der Waals surface area contributed by atoms with Crippen LogP contribution in [0.15, 0.2) is 72.8 Å². The van der Waals surface area contributed by atoms with Gasteiger partial charge in [0.2, 0.25) is 0 Å². The summed E-state index contributed by atoms with van der Waals surface area (Å²) in [5, 5.41) is 54.9. The summed E-state index contributed by atoms with van der Waals surface area (Å²) in [6.07, 6.45) is -1.70. The van der Waals surface area contributed by atoms with Crippen LogP contribution < -0.4 is 0 Å². The third kappa shape index (κ3) is 8.46. The first-order chi connectivity index (χ1) is 18.8. The number of nitrogens with zero attached hydrogens (tertiary/aromatic N) is 3. The number of aliphatic hydroxyl groups excluding tert-OH is 3. The van der Waals surface area contributed by atoms with Gasteiger partial charge in [-0.15, -0.1) is 0 Å². The molecule has 0 unspecified atom stereocenters. The molecule has 9 heteroatoms. The highest BCUT2D eigenvalue weighted by molar-refractivity contribution is 5.66. The van der Waals surface area contributed by atoms with Crippen LogP contribution in [0, 0.1) is 0 Å². The van der Waals surface area contributed by atoms with Gasteiger partial charge < -0.3 is 30.6 Å². The van der Waals surface area contributed by atoms with E-state index in [1.54, 1.807) is 0 Å². The molecule has 0 aliphatic carbocycles. The zero-order valence-corrected chi connectivity index (χ0v) is 21.4. The second-order valence-corrected chi connectivity index (χ2v) is 9.45. The average molecular weight is 532 g/mol. The van der Waals surface area contributed by atoms with Crippen molar-refractivity contribution in [1.82, 2.24) is 15.0 Å². The van der Waals surface area contributed by atoms with E-state index < -0.39 is 18.9 Å². The zero-order valence-electron chi connectivity index (χ0n) is 21.4. The van der Waals surface area contributed by atoms with Crippen molar-refractivity contribution < 1.29 is 30.6 Å². The van der Waals surface area contributed by atoms with E-state index in [1.807, 2.05) is 72.8 Å². The molecule has 0 aliphatic heterocycles. The van der Waals surface area contributed by atoms with Gasteiger partial charge in [-0.05, 0) is 36.0 Å². The van der Waals surface area contributed by atoms with Crippen molar-refractivity contribution in [3.8, 4) is 34.2 Å². The van der Waals surface area contributed by atoms with Crippen molar-refractivity contribution >= 4 is 0 Å². The molecule has 39 heavy (non-hydrogen) atoms. The molecule has 0 spiro atoms. The number of aryl methyl sites for hydroxylation is 3. The molecule has 0 radical (unpaired) electrons. The van der Waals surface area contributed by atoms with Crippen molar-refractivity contribution in [2.75, 3.05) is 0 Å². The van der Waals surface area contributed by atoms with E-state index in [0.717, 1.165) is 33.4 Å². The molecule has 0 atom stereocenters. The summed E-state index contributed by atoms with van der Waals surface area (Å²) in [6, 6.07) is 22.9. The first kappa shape index (κ1) is 28.4. The average Bonchev–Trinajstić information content (AvgIpc) is 2.94. The fourth-order valence-corrected chi connectivity index (χ4v) is 4.11. The van der Waals surface area contributed by atoms with Crippen molar-refractivity contribution in [3.05, 3.63) is 89.5 Å². The lowest BCUT2D eigenvalue weighted by molar-refractivity contribution is -0.0453. The van der Waals surface area contributed by atoms with Gasteiger partial charge >= 0.3 is 0 Å². The molecule has 4 aromatic rings. The molecule has 1 aromatic heterocycles. The topological polar surface area (TPSA) is 160 Å². The third-order valence-corrected chi connectivity index (χ3v) is 6.35. The third-order valence-electron chi connectivity index (χ3n) is 6.35. The highest BCUT2D eigenvalue weighted by Crippen LogP contribution is 2.26.